The number of methoxy groups -OCH3 is 1. The van der Waals surface area contributed by atoms with Crippen molar-refractivity contribution in [2.24, 2.45) is 5.92 Å². The van der Waals surface area contributed by atoms with Crippen molar-refractivity contribution >= 4 is 40.3 Å². The molecule has 1 fully saturated rings. The zero-order valence-corrected chi connectivity index (χ0v) is 20.2. The summed E-state index contributed by atoms with van der Waals surface area (Å²) in [6, 6.07) is 15.9. The van der Waals surface area contributed by atoms with Gasteiger partial charge in [-0.1, -0.05) is 56.0 Å². The Morgan fingerprint density at radius 3 is 2.59 bits per heavy atom. The highest BCUT2D eigenvalue weighted by molar-refractivity contribution is 8.26. The van der Waals surface area contributed by atoms with Gasteiger partial charge in [0.15, 0.2) is 0 Å². The first-order valence-electron chi connectivity index (χ1n) is 10.4. The molecule has 0 bridgehead atoms. The largest absolute Gasteiger partial charge is 0.497 e. The maximum absolute atomic E-state index is 13.0. The van der Waals surface area contributed by atoms with Crippen LogP contribution in [-0.4, -0.2) is 38.6 Å². The summed E-state index contributed by atoms with van der Waals surface area (Å²) >= 11 is 6.83. The zero-order valence-electron chi connectivity index (χ0n) is 18.5. The van der Waals surface area contributed by atoms with Crippen LogP contribution < -0.4 is 4.74 Å². The number of thiocarbonyl (C=S) groups is 1. The van der Waals surface area contributed by atoms with Gasteiger partial charge in [0.25, 0.3) is 5.91 Å². The molecular formula is C25H25N3O2S2. The van der Waals surface area contributed by atoms with Crippen LogP contribution in [0.2, 0.25) is 0 Å². The topological polar surface area (TPSA) is 47.4 Å². The highest BCUT2D eigenvalue weighted by Crippen LogP contribution is 2.36. The molecule has 0 spiro atoms. The fourth-order valence-electron chi connectivity index (χ4n) is 3.61. The van der Waals surface area contributed by atoms with Crippen molar-refractivity contribution in [3.63, 3.8) is 0 Å². The highest BCUT2D eigenvalue weighted by atomic mass is 32.2. The average molecular weight is 464 g/mol. The van der Waals surface area contributed by atoms with Gasteiger partial charge in [-0.05, 0) is 54.8 Å². The van der Waals surface area contributed by atoms with E-state index >= 15 is 0 Å². The number of carbonyl (C=O) groups excluding carboxylic acids is 1. The summed E-state index contributed by atoms with van der Waals surface area (Å²) in [5.74, 6) is 1.10. The third-order valence-corrected chi connectivity index (χ3v) is 6.54. The molecule has 5 nitrogen and oxygen atoms in total. The molecule has 3 aromatic rings. The Morgan fingerprint density at radius 1 is 1.19 bits per heavy atom. The Hall–Kier alpha value is -2.90. The number of hydrogen-bond donors (Lipinski definition) is 0. The lowest BCUT2D eigenvalue weighted by Gasteiger charge is -2.16. The number of ether oxygens (including phenoxy) is 1. The van der Waals surface area contributed by atoms with E-state index in [2.05, 4.69) is 13.8 Å². The van der Waals surface area contributed by atoms with Crippen molar-refractivity contribution in [1.82, 2.24) is 14.7 Å². The monoisotopic (exact) mass is 463 g/mol. The second-order valence-electron chi connectivity index (χ2n) is 8.08. The number of rotatable bonds is 6. The van der Waals surface area contributed by atoms with Crippen LogP contribution in [0.25, 0.3) is 23.0 Å². The van der Waals surface area contributed by atoms with E-state index < -0.39 is 0 Å². The van der Waals surface area contributed by atoms with Crippen LogP contribution in [0.4, 0.5) is 0 Å². The summed E-state index contributed by atoms with van der Waals surface area (Å²) < 4.78 is 7.81. The third-order valence-electron chi connectivity index (χ3n) is 5.16. The van der Waals surface area contributed by atoms with Gasteiger partial charge in [0.1, 0.15) is 15.8 Å². The summed E-state index contributed by atoms with van der Waals surface area (Å²) in [7, 11) is 1.66. The molecule has 0 unspecified atom stereocenters. The van der Waals surface area contributed by atoms with Gasteiger partial charge >= 0.3 is 0 Å². The molecule has 0 saturated carbocycles. The number of para-hydroxylation sites is 1. The fraction of sp³-hybridized carbons (Fsp3) is 0.240. The minimum Gasteiger partial charge on any atom is -0.497 e. The molecule has 4 rings (SSSR count). The molecule has 2 aromatic carbocycles. The van der Waals surface area contributed by atoms with E-state index in [0.29, 0.717) is 21.7 Å². The smallest absolute Gasteiger partial charge is 0.266 e. The molecule has 32 heavy (non-hydrogen) atoms. The lowest BCUT2D eigenvalue weighted by Crippen LogP contribution is -2.31. The van der Waals surface area contributed by atoms with Crippen LogP contribution in [0.15, 0.2) is 59.6 Å². The molecule has 1 amide bonds. The first kappa shape index (κ1) is 22.3. The molecule has 0 N–H and O–H groups in total. The maximum atomic E-state index is 13.0. The Kier molecular flexibility index (Phi) is 6.48. The van der Waals surface area contributed by atoms with E-state index in [1.54, 1.807) is 12.0 Å². The Bertz CT molecular complexity index is 1200. The van der Waals surface area contributed by atoms with E-state index in [4.69, 9.17) is 22.1 Å². The SMILES string of the molecule is COc1ccc(-c2nn(-c3ccccc3)cc2C=C2SC(=S)N(CC(C)C)C2=O)c(C)c1. The molecule has 0 aliphatic carbocycles. The number of hydrogen-bond acceptors (Lipinski definition) is 5. The highest BCUT2D eigenvalue weighted by Gasteiger charge is 2.32. The number of thioether (sulfide) groups is 1. The van der Waals surface area contributed by atoms with Crippen LogP contribution >= 0.6 is 24.0 Å². The summed E-state index contributed by atoms with van der Waals surface area (Å²) in [5, 5.41) is 4.88. The molecular weight excluding hydrogens is 438 g/mol. The van der Waals surface area contributed by atoms with Gasteiger partial charge in [-0.3, -0.25) is 9.69 Å². The Balaban J connectivity index is 1.81. The summed E-state index contributed by atoms with van der Waals surface area (Å²) in [4.78, 5) is 15.3. The number of benzene rings is 2. The van der Waals surface area contributed by atoms with Crippen molar-refractivity contribution in [1.29, 1.82) is 0 Å². The van der Waals surface area contributed by atoms with E-state index in [9.17, 15) is 4.79 Å². The lowest BCUT2D eigenvalue weighted by molar-refractivity contribution is -0.122. The summed E-state index contributed by atoms with van der Waals surface area (Å²) in [5.41, 5.74) is 4.66. The molecule has 164 valence electrons. The van der Waals surface area contributed by atoms with Gasteiger partial charge < -0.3 is 4.74 Å². The third kappa shape index (κ3) is 4.49. The zero-order chi connectivity index (χ0) is 22.8. The van der Waals surface area contributed by atoms with Crippen molar-refractivity contribution in [3.8, 4) is 22.7 Å². The van der Waals surface area contributed by atoms with Crippen LogP contribution in [-0.2, 0) is 4.79 Å². The fourth-order valence-corrected chi connectivity index (χ4v) is 4.87. The van der Waals surface area contributed by atoms with Gasteiger partial charge in [0.2, 0.25) is 0 Å². The minimum absolute atomic E-state index is 0.0430. The van der Waals surface area contributed by atoms with Gasteiger partial charge in [0.05, 0.1) is 17.7 Å². The first-order valence-corrected chi connectivity index (χ1v) is 11.7. The Morgan fingerprint density at radius 2 is 1.94 bits per heavy atom. The van der Waals surface area contributed by atoms with Crippen molar-refractivity contribution in [2.75, 3.05) is 13.7 Å². The van der Waals surface area contributed by atoms with E-state index in [1.165, 1.54) is 11.8 Å². The number of aromatic nitrogens is 2. The molecule has 1 aromatic heterocycles. The molecule has 1 aliphatic heterocycles. The molecule has 7 heteroatoms. The number of aryl methyl sites for hydroxylation is 1. The number of nitrogens with zero attached hydrogens (tertiary/aromatic N) is 3. The standard InChI is InChI=1S/C25H25N3O2S2/c1-16(2)14-27-24(29)22(32-25(27)31)13-18-15-28(19-8-6-5-7-9-19)26-23(18)21-11-10-20(30-4)12-17(21)3/h5-13,15-16H,14H2,1-4H3. The minimum atomic E-state index is -0.0430. The average Bonchev–Trinajstić information content (AvgIpc) is 3.30. The van der Waals surface area contributed by atoms with Crippen LogP contribution in [0.5, 0.6) is 5.75 Å². The van der Waals surface area contributed by atoms with E-state index in [0.717, 1.165) is 33.8 Å². The Labute approximate surface area is 198 Å². The van der Waals surface area contributed by atoms with Crippen LogP contribution in [0, 0.1) is 12.8 Å². The summed E-state index contributed by atoms with van der Waals surface area (Å²) in [6.45, 7) is 6.81. The van der Waals surface area contributed by atoms with Crippen molar-refractivity contribution in [2.45, 2.75) is 20.8 Å². The van der Waals surface area contributed by atoms with Crippen LogP contribution in [0.1, 0.15) is 25.0 Å². The van der Waals surface area contributed by atoms with E-state index in [-0.39, 0.29) is 5.91 Å². The van der Waals surface area contributed by atoms with E-state index in [1.807, 2.05) is 72.4 Å². The molecule has 1 saturated heterocycles. The predicted octanol–water partition coefficient (Wildman–Crippen LogP) is 5.71. The summed E-state index contributed by atoms with van der Waals surface area (Å²) in [6.07, 6.45) is 3.87. The van der Waals surface area contributed by atoms with Crippen molar-refractivity contribution < 1.29 is 9.53 Å². The molecule has 2 heterocycles. The van der Waals surface area contributed by atoms with Gasteiger partial charge in [0, 0.05) is 23.9 Å². The normalized spacial score (nSPS) is 15.3. The molecule has 0 atom stereocenters. The quantitative estimate of drug-likeness (QED) is 0.346. The van der Waals surface area contributed by atoms with Gasteiger partial charge in [-0.15, -0.1) is 0 Å². The first-order chi connectivity index (χ1) is 15.4. The molecule has 0 radical (unpaired) electrons. The number of carbonyl (C=O) groups is 1. The van der Waals surface area contributed by atoms with Crippen LogP contribution in [0.3, 0.4) is 0 Å². The second kappa shape index (κ2) is 9.30. The second-order valence-corrected chi connectivity index (χ2v) is 9.76. The number of amides is 1. The predicted molar refractivity (Wildman–Crippen MR) is 135 cm³/mol. The maximum Gasteiger partial charge on any atom is 0.266 e. The van der Waals surface area contributed by atoms with Crippen molar-refractivity contribution in [3.05, 3.63) is 70.8 Å². The van der Waals surface area contributed by atoms with Gasteiger partial charge in [-0.25, -0.2) is 4.68 Å². The lowest BCUT2D eigenvalue weighted by atomic mass is 10.0. The van der Waals surface area contributed by atoms with Gasteiger partial charge in [-0.2, -0.15) is 5.10 Å². The molecule has 1 aliphatic rings.